The number of rotatable bonds is 6. The van der Waals surface area contributed by atoms with Gasteiger partial charge in [-0.1, -0.05) is 48.5 Å². The molecule has 1 atom stereocenters. The first kappa shape index (κ1) is 20.7. The number of nitrogens with zero attached hydrogens (tertiary/aromatic N) is 3. The molecule has 0 bridgehead atoms. The highest BCUT2D eigenvalue weighted by molar-refractivity contribution is 5.92. The van der Waals surface area contributed by atoms with Crippen LogP contribution in [0.25, 0.3) is 6.08 Å². The van der Waals surface area contributed by atoms with Crippen LogP contribution in [0.5, 0.6) is 0 Å². The van der Waals surface area contributed by atoms with Crippen LogP contribution < -0.4 is 15.1 Å². The zero-order chi connectivity index (χ0) is 21.5. The number of pyridine rings is 1. The molecule has 1 N–H and O–H groups in total. The Morgan fingerprint density at radius 3 is 2.42 bits per heavy atom. The number of carbonyl (C=O) groups excluding carboxylic acids is 1. The maximum atomic E-state index is 12.3. The maximum absolute atomic E-state index is 12.3. The fraction of sp³-hybridized carbons (Fsp3) is 0.231. The van der Waals surface area contributed by atoms with Gasteiger partial charge in [-0.2, -0.15) is 0 Å². The van der Waals surface area contributed by atoms with Gasteiger partial charge in [0.15, 0.2) is 0 Å². The van der Waals surface area contributed by atoms with Crippen molar-refractivity contribution in [2.45, 2.75) is 13.0 Å². The summed E-state index contributed by atoms with van der Waals surface area (Å²) < 4.78 is 0. The van der Waals surface area contributed by atoms with Crippen molar-refractivity contribution in [1.82, 2.24) is 10.3 Å². The summed E-state index contributed by atoms with van der Waals surface area (Å²) in [6.07, 6.45) is 5.27. The quantitative estimate of drug-likeness (QED) is 0.614. The highest BCUT2D eigenvalue weighted by Crippen LogP contribution is 2.23. The van der Waals surface area contributed by atoms with Gasteiger partial charge in [0, 0.05) is 44.1 Å². The van der Waals surface area contributed by atoms with Crippen LogP contribution in [-0.2, 0) is 4.79 Å². The van der Waals surface area contributed by atoms with Crippen molar-refractivity contribution in [2.75, 3.05) is 36.0 Å². The zero-order valence-corrected chi connectivity index (χ0v) is 17.8. The minimum absolute atomic E-state index is 0.0670. The van der Waals surface area contributed by atoms with Gasteiger partial charge in [-0.25, -0.2) is 4.98 Å². The first-order valence-corrected chi connectivity index (χ1v) is 10.7. The number of amides is 1. The Kier molecular flexibility index (Phi) is 6.62. The molecule has 1 fully saturated rings. The highest BCUT2D eigenvalue weighted by atomic mass is 16.1. The van der Waals surface area contributed by atoms with Crippen molar-refractivity contribution >= 4 is 23.5 Å². The van der Waals surface area contributed by atoms with Crippen LogP contribution in [0.15, 0.2) is 85.1 Å². The third-order valence-electron chi connectivity index (χ3n) is 5.57. The molecule has 1 aliphatic rings. The minimum Gasteiger partial charge on any atom is -0.368 e. The Bertz CT molecular complexity index is 1010. The summed E-state index contributed by atoms with van der Waals surface area (Å²) in [6, 6.07) is 24.3. The SMILES string of the molecule is C[C@H](NC(=O)/C=C/c1ccccc1)c1cccc(N2CCN(c3ccccn3)CC2)c1. The van der Waals surface area contributed by atoms with E-state index < -0.39 is 0 Å². The Labute approximate surface area is 184 Å². The molecule has 2 heterocycles. The van der Waals surface area contributed by atoms with Crippen molar-refractivity contribution in [1.29, 1.82) is 0 Å². The van der Waals surface area contributed by atoms with E-state index in [4.69, 9.17) is 0 Å². The predicted octanol–water partition coefficient (Wildman–Crippen LogP) is 4.30. The standard InChI is InChI=1S/C26H28N4O/c1-21(28-26(31)14-13-22-8-3-2-4-9-22)23-10-7-11-24(20-23)29-16-18-30(19-17-29)25-12-5-6-15-27-25/h2-15,20-21H,16-19H2,1H3,(H,28,31)/b14-13+/t21-/m0/s1. The van der Waals surface area contributed by atoms with E-state index in [1.165, 1.54) is 5.69 Å². The van der Waals surface area contributed by atoms with Gasteiger partial charge >= 0.3 is 0 Å². The number of piperazine rings is 1. The van der Waals surface area contributed by atoms with E-state index in [-0.39, 0.29) is 11.9 Å². The van der Waals surface area contributed by atoms with Crippen LogP contribution in [0.2, 0.25) is 0 Å². The molecule has 4 rings (SSSR count). The molecule has 0 aliphatic carbocycles. The fourth-order valence-corrected chi connectivity index (χ4v) is 3.81. The molecule has 1 aliphatic heterocycles. The van der Waals surface area contributed by atoms with E-state index >= 15 is 0 Å². The lowest BCUT2D eigenvalue weighted by Crippen LogP contribution is -2.46. The Morgan fingerprint density at radius 2 is 1.68 bits per heavy atom. The molecule has 31 heavy (non-hydrogen) atoms. The van der Waals surface area contributed by atoms with E-state index in [1.54, 1.807) is 6.08 Å². The molecule has 0 radical (unpaired) electrons. The number of nitrogens with one attached hydrogen (secondary N) is 1. The number of hydrogen-bond donors (Lipinski definition) is 1. The van der Waals surface area contributed by atoms with Crippen LogP contribution in [0.3, 0.4) is 0 Å². The summed E-state index contributed by atoms with van der Waals surface area (Å²) in [5, 5.41) is 3.06. The van der Waals surface area contributed by atoms with Gasteiger partial charge in [-0.3, -0.25) is 4.79 Å². The highest BCUT2D eigenvalue weighted by Gasteiger charge is 2.19. The second kappa shape index (κ2) is 9.94. The van der Waals surface area contributed by atoms with Gasteiger partial charge in [0.05, 0.1) is 6.04 Å². The lowest BCUT2D eigenvalue weighted by molar-refractivity contribution is -0.117. The second-order valence-corrected chi connectivity index (χ2v) is 7.73. The van der Waals surface area contributed by atoms with E-state index in [0.29, 0.717) is 0 Å². The van der Waals surface area contributed by atoms with Gasteiger partial charge in [0.1, 0.15) is 5.82 Å². The lowest BCUT2D eigenvalue weighted by Gasteiger charge is -2.37. The number of hydrogen-bond acceptors (Lipinski definition) is 4. The zero-order valence-electron chi connectivity index (χ0n) is 17.8. The summed E-state index contributed by atoms with van der Waals surface area (Å²) in [5.74, 6) is 0.946. The average molecular weight is 413 g/mol. The number of benzene rings is 2. The first-order chi connectivity index (χ1) is 15.2. The Morgan fingerprint density at radius 1 is 0.935 bits per heavy atom. The van der Waals surface area contributed by atoms with E-state index in [9.17, 15) is 4.79 Å². The van der Waals surface area contributed by atoms with Crippen molar-refractivity contribution in [2.24, 2.45) is 0 Å². The van der Waals surface area contributed by atoms with Crippen molar-refractivity contribution < 1.29 is 4.79 Å². The molecule has 1 aromatic heterocycles. The third kappa shape index (κ3) is 5.51. The van der Waals surface area contributed by atoms with Gasteiger partial charge < -0.3 is 15.1 Å². The summed E-state index contributed by atoms with van der Waals surface area (Å²) in [4.78, 5) is 21.5. The maximum Gasteiger partial charge on any atom is 0.244 e. The largest absolute Gasteiger partial charge is 0.368 e. The molecule has 1 amide bonds. The molecule has 0 saturated carbocycles. The molecule has 5 nitrogen and oxygen atoms in total. The molecule has 1 saturated heterocycles. The molecule has 2 aromatic carbocycles. The third-order valence-corrected chi connectivity index (χ3v) is 5.57. The molecule has 3 aromatic rings. The van der Waals surface area contributed by atoms with Crippen molar-refractivity contribution in [3.63, 3.8) is 0 Å². The smallest absolute Gasteiger partial charge is 0.244 e. The summed E-state index contributed by atoms with van der Waals surface area (Å²) in [7, 11) is 0. The molecular weight excluding hydrogens is 384 g/mol. The molecule has 158 valence electrons. The van der Waals surface area contributed by atoms with E-state index in [1.807, 2.05) is 61.7 Å². The fourth-order valence-electron chi connectivity index (χ4n) is 3.81. The van der Waals surface area contributed by atoms with Crippen molar-refractivity contribution in [3.8, 4) is 0 Å². The monoisotopic (exact) mass is 412 g/mol. The van der Waals surface area contributed by atoms with E-state index in [2.05, 4.69) is 50.4 Å². The van der Waals surface area contributed by atoms with Crippen LogP contribution in [0, 0.1) is 0 Å². The Hall–Kier alpha value is -3.60. The minimum atomic E-state index is -0.0919. The van der Waals surface area contributed by atoms with Crippen LogP contribution in [0.1, 0.15) is 24.1 Å². The normalized spacial score (nSPS) is 15.1. The van der Waals surface area contributed by atoms with Crippen LogP contribution in [0.4, 0.5) is 11.5 Å². The number of anilines is 2. The van der Waals surface area contributed by atoms with Crippen LogP contribution >= 0.6 is 0 Å². The van der Waals surface area contributed by atoms with E-state index in [0.717, 1.165) is 43.1 Å². The van der Waals surface area contributed by atoms with Gasteiger partial charge in [0.2, 0.25) is 5.91 Å². The lowest BCUT2D eigenvalue weighted by atomic mass is 10.1. The Balaban J connectivity index is 1.34. The van der Waals surface area contributed by atoms with Crippen LogP contribution in [-0.4, -0.2) is 37.1 Å². The summed E-state index contributed by atoms with van der Waals surface area (Å²) in [5.41, 5.74) is 3.31. The first-order valence-electron chi connectivity index (χ1n) is 10.7. The van der Waals surface area contributed by atoms with Gasteiger partial charge in [-0.15, -0.1) is 0 Å². The molecule has 5 heteroatoms. The summed E-state index contributed by atoms with van der Waals surface area (Å²) in [6.45, 7) is 5.79. The predicted molar refractivity (Wildman–Crippen MR) is 127 cm³/mol. The molecule has 0 spiro atoms. The summed E-state index contributed by atoms with van der Waals surface area (Å²) >= 11 is 0. The van der Waals surface area contributed by atoms with Crippen molar-refractivity contribution in [3.05, 3.63) is 96.2 Å². The number of carbonyl (C=O) groups is 1. The topological polar surface area (TPSA) is 48.5 Å². The molecule has 0 unspecified atom stereocenters. The second-order valence-electron chi connectivity index (χ2n) is 7.73. The van der Waals surface area contributed by atoms with Gasteiger partial charge in [0.25, 0.3) is 0 Å². The average Bonchev–Trinajstić information content (AvgIpc) is 2.84. The van der Waals surface area contributed by atoms with Gasteiger partial charge in [-0.05, 0) is 48.4 Å². The molecular formula is C26H28N4O. The number of aromatic nitrogens is 1.